The number of carbonyl (C=O) groups is 1. The number of primary amides is 1. The molecule has 2 N–H and O–H groups in total. The first-order chi connectivity index (χ1) is 9.90. The number of halogens is 3. The van der Waals surface area contributed by atoms with E-state index in [1.807, 2.05) is 18.2 Å². The molecule has 0 heterocycles. The molecule has 0 aliphatic rings. The Morgan fingerprint density at radius 2 is 2.05 bits per heavy atom. The molecule has 0 fully saturated rings. The van der Waals surface area contributed by atoms with Crippen LogP contribution in [0, 0.1) is 5.82 Å². The Morgan fingerprint density at radius 3 is 2.67 bits per heavy atom. The van der Waals surface area contributed by atoms with E-state index in [-0.39, 0.29) is 5.56 Å². The zero-order valence-corrected chi connectivity index (χ0v) is 13.6. The van der Waals surface area contributed by atoms with Gasteiger partial charge in [0.05, 0.1) is 11.3 Å². The van der Waals surface area contributed by atoms with Gasteiger partial charge in [0.15, 0.2) is 0 Å². The van der Waals surface area contributed by atoms with Crippen LogP contribution in [0.2, 0.25) is 5.02 Å². The predicted molar refractivity (Wildman–Crippen MR) is 86.2 cm³/mol. The van der Waals surface area contributed by atoms with Gasteiger partial charge in [-0.2, -0.15) is 0 Å². The molecule has 2 aromatic rings. The average molecular weight is 372 g/mol. The van der Waals surface area contributed by atoms with E-state index in [0.717, 1.165) is 5.56 Å². The lowest BCUT2D eigenvalue weighted by Crippen LogP contribution is -2.23. The summed E-state index contributed by atoms with van der Waals surface area (Å²) in [6.07, 6.45) is 0. The fourth-order valence-corrected chi connectivity index (χ4v) is 2.69. The van der Waals surface area contributed by atoms with Crippen LogP contribution in [0.25, 0.3) is 0 Å². The molecular weight excluding hydrogens is 359 g/mol. The van der Waals surface area contributed by atoms with E-state index < -0.39 is 11.7 Å². The van der Waals surface area contributed by atoms with Gasteiger partial charge in [-0.05, 0) is 23.8 Å². The molecule has 110 valence electrons. The SMILES string of the molecule is CN(Cc1ccccc1Cl)c1cc(Br)cc(F)c1C(N)=O. The third-order valence-corrected chi connectivity index (χ3v) is 3.88. The molecule has 0 aliphatic heterocycles. The normalized spacial score (nSPS) is 10.5. The molecule has 0 saturated heterocycles. The second-order valence-electron chi connectivity index (χ2n) is 4.59. The van der Waals surface area contributed by atoms with Gasteiger partial charge in [0.2, 0.25) is 0 Å². The van der Waals surface area contributed by atoms with Crippen LogP contribution in [0.1, 0.15) is 15.9 Å². The fourth-order valence-electron chi connectivity index (χ4n) is 2.07. The van der Waals surface area contributed by atoms with Crippen molar-refractivity contribution >= 4 is 39.1 Å². The predicted octanol–water partition coefficient (Wildman–Crippen LogP) is 3.98. The molecule has 0 saturated carbocycles. The molecular formula is C15H13BrClFN2O. The Labute approximate surface area is 135 Å². The second kappa shape index (κ2) is 6.45. The van der Waals surface area contributed by atoms with E-state index in [1.54, 1.807) is 24.1 Å². The molecule has 2 rings (SSSR count). The van der Waals surface area contributed by atoms with Gasteiger partial charge in [-0.1, -0.05) is 45.7 Å². The second-order valence-corrected chi connectivity index (χ2v) is 5.92. The van der Waals surface area contributed by atoms with Crippen molar-refractivity contribution in [3.63, 3.8) is 0 Å². The summed E-state index contributed by atoms with van der Waals surface area (Å²) in [5.41, 5.74) is 6.43. The maximum Gasteiger partial charge on any atom is 0.253 e. The smallest absolute Gasteiger partial charge is 0.253 e. The number of rotatable bonds is 4. The van der Waals surface area contributed by atoms with Crippen LogP contribution in [0.15, 0.2) is 40.9 Å². The first-order valence-electron chi connectivity index (χ1n) is 6.13. The maximum atomic E-state index is 14.0. The zero-order valence-electron chi connectivity index (χ0n) is 11.2. The largest absolute Gasteiger partial charge is 0.369 e. The third kappa shape index (κ3) is 3.54. The number of amides is 1. The van der Waals surface area contributed by atoms with Crippen LogP contribution in [0.4, 0.5) is 10.1 Å². The van der Waals surface area contributed by atoms with Crippen LogP contribution < -0.4 is 10.6 Å². The van der Waals surface area contributed by atoms with Crippen molar-refractivity contribution in [2.24, 2.45) is 5.73 Å². The van der Waals surface area contributed by atoms with Crippen molar-refractivity contribution in [2.75, 3.05) is 11.9 Å². The van der Waals surface area contributed by atoms with Gasteiger partial charge in [0.1, 0.15) is 5.82 Å². The van der Waals surface area contributed by atoms with Gasteiger partial charge in [-0.25, -0.2) is 4.39 Å². The van der Waals surface area contributed by atoms with Gasteiger partial charge in [-0.3, -0.25) is 4.79 Å². The number of anilines is 1. The molecule has 0 spiro atoms. The Kier molecular flexibility index (Phi) is 4.85. The summed E-state index contributed by atoms with van der Waals surface area (Å²) < 4.78 is 14.5. The van der Waals surface area contributed by atoms with Crippen molar-refractivity contribution in [3.05, 3.63) is 62.8 Å². The molecule has 0 unspecified atom stereocenters. The van der Waals surface area contributed by atoms with Crippen molar-refractivity contribution in [1.82, 2.24) is 0 Å². The first-order valence-corrected chi connectivity index (χ1v) is 7.30. The van der Waals surface area contributed by atoms with Gasteiger partial charge < -0.3 is 10.6 Å². The molecule has 1 amide bonds. The first kappa shape index (κ1) is 15.8. The highest BCUT2D eigenvalue weighted by atomic mass is 79.9. The summed E-state index contributed by atoms with van der Waals surface area (Å²) in [4.78, 5) is 13.2. The van der Waals surface area contributed by atoms with Gasteiger partial charge in [-0.15, -0.1) is 0 Å². The molecule has 0 radical (unpaired) electrons. The summed E-state index contributed by atoms with van der Waals surface area (Å²) >= 11 is 9.34. The minimum Gasteiger partial charge on any atom is -0.369 e. The van der Waals surface area contributed by atoms with Crippen LogP contribution in [0.5, 0.6) is 0 Å². The van der Waals surface area contributed by atoms with E-state index in [9.17, 15) is 9.18 Å². The molecule has 6 heteroatoms. The van der Waals surface area contributed by atoms with E-state index >= 15 is 0 Å². The molecule has 3 nitrogen and oxygen atoms in total. The molecule has 0 bridgehead atoms. The highest BCUT2D eigenvalue weighted by Crippen LogP contribution is 2.29. The fraction of sp³-hybridized carbons (Fsp3) is 0.133. The average Bonchev–Trinajstić information content (AvgIpc) is 2.39. The molecule has 0 aromatic heterocycles. The van der Waals surface area contributed by atoms with Crippen molar-refractivity contribution < 1.29 is 9.18 Å². The highest BCUT2D eigenvalue weighted by Gasteiger charge is 2.19. The number of hydrogen-bond donors (Lipinski definition) is 1. The Bertz CT molecular complexity index is 693. The highest BCUT2D eigenvalue weighted by molar-refractivity contribution is 9.10. The third-order valence-electron chi connectivity index (χ3n) is 3.06. The van der Waals surface area contributed by atoms with Crippen molar-refractivity contribution in [3.8, 4) is 0 Å². The summed E-state index contributed by atoms with van der Waals surface area (Å²) in [7, 11) is 1.75. The van der Waals surface area contributed by atoms with Crippen molar-refractivity contribution in [1.29, 1.82) is 0 Å². The van der Waals surface area contributed by atoms with Gasteiger partial charge >= 0.3 is 0 Å². The Balaban J connectivity index is 2.41. The van der Waals surface area contributed by atoms with Crippen LogP contribution in [-0.2, 0) is 6.54 Å². The summed E-state index contributed by atoms with van der Waals surface area (Å²) in [5, 5.41) is 0.612. The van der Waals surface area contributed by atoms with Crippen LogP contribution in [-0.4, -0.2) is 13.0 Å². The zero-order chi connectivity index (χ0) is 15.6. The maximum absolute atomic E-state index is 14.0. The number of hydrogen-bond acceptors (Lipinski definition) is 2. The number of benzene rings is 2. The summed E-state index contributed by atoms with van der Waals surface area (Å²) in [5.74, 6) is -1.46. The van der Waals surface area contributed by atoms with E-state index in [4.69, 9.17) is 17.3 Å². The molecule has 2 aromatic carbocycles. The lowest BCUT2D eigenvalue weighted by Gasteiger charge is -2.23. The van der Waals surface area contributed by atoms with Crippen LogP contribution >= 0.6 is 27.5 Å². The van der Waals surface area contributed by atoms with E-state index in [2.05, 4.69) is 15.9 Å². The minimum atomic E-state index is -0.805. The Hall–Kier alpha value is -1.59. The number of carbonyl (C=O) groups excluding carboxylic acids is 1. The monoisotopic (exact) mass is 370 g/mol. The topological polar surface area (TPSA) is 46.3 Å². The number of nitrogens with zero attached hydrogens (tertiary/aromatic N) is 1. The van der Waals surface area contributed by atoms with E-state index in [0.29, 0.717) is 21.7 Å². The van der Waals surface area contributed by atoms with Gasteiger partial charge in [0.25, 0.3) is 5.91 Å². The number of nitrogens with two attached hydrogens (primary N) is 1. The van der Waals surface area contributed by atoms with E-state index in [1.165, 1.54) is 6.07 Å². The minimum absolute atomic E-state index is 0.132. The van der Waals surface area contributed by atoms with Crippen LogP contribution in [0.3, 0.4) is 0 Å². The molecule has 0 aliphatic carbocycles. The van der Waals surface area contributed by atoms with Gasteiger partial charge in [0, 0.05) is 23.1 Å². The van der Waals surface area contributed by atoms with Crippen molar-refractivity contribution in [2.45, 2.75) is 6.54 Å². The Morgan fingerprint density at radius 1 is 1.38 bits per heavy atom. The standard InChI is InChI=1S/C15H13BrClFN2O/c1-20(8-9-4-2-3-5-11(9)17)13-7-10(16)6-12(18)14(13)15(19)21/h2-7H,8H2,1H3,(H2,19,21). The summed E-state index contributed by atoms with van der Waals surface area (Å²) in [6.45, 7) is 0.426. The lowest BCUT2D eigenvalue weighted by atomic mass is 10.1. The summed E-state index contributed by atoms with van der Waals surface area (Å²) in [6, 6.07) is 10.2. The molecule has 0 atom stereocenters. The lowest BCUT2D eigenvalue weighted by molar-refractivity contribution is 0.0997. The molecule has 21 heavy (non-hydrogen) atoms. The quantitative estimate of drug-likeness (QED) is 0.884.